The molecule has 6 heteroatoms. The third kappa shape index (κ3) is 4.99. The Hall–Kier alpha value is -2.05. The Balaban J connectivity index is 1.65. The van der Waals surface area contributed by atoms with E-state index in [0.717, 1.165) is 42.7 Å². The van der Waals surface area contributed by atoms with E-state index in [9.17, 15) is 8.42 Å². The first kappa shape index (κ1) is 18.7. The normalized spacial score (nSPS) is 17.9. The Labute approximate surface area is 156 Å². The van der Waals surface area contributed by atoms with Gasteiger partial charge in [0.1, 0.15) is 0 Å². The Morgan fingerprint density at radius 1 is 1.19 bits per heavy atom. The lowest BCUT2D eigenvalue weighted by molar-refractivity contribution is 0.0893. The summed E-state index contributed by atoms with van der Waals surface area (Å²) in [7, 11) is -1.69. The van der Waals surface area contributed by atoms with Crippen molar-refractivity contribution in [2.24, 2.45) is 0 Å². The number of hydrogen-bond acceptors (Lipinski definition) is 4. The van der Waals surface area contributed by atoms with Crippen LogP contribution in [-0.4, -0.2) is 34.7 Å². The molecule has 1 fully saturated rings. The van der Waals surface area contributed by atoms with Crippen molar-refractivity contribution in [1.29, 1.82) is 0 Å². The average molecular weight is 375 g/mol. The van der Waals surface area contributed by atoms with Crippen LogP contribution in [0.25, 0.3) is 0 Å². The highest BCUT2D eigenvalue weighted by molar-refractivity contribution is 7.91. The molecule has 1 aliphatic rings. The van der Waals surface area contributed by atoms with Gasteiger partial charge in [0.25, 0.3) is 0 Å². The fourth-order valence-electron chi connectivity index (χ4n) is 3.34. The van der Waals surface area contributed by atoms with Crippen molar-refractivity contribution in [2.75, 3.05) is 29.8 Å². The summed E-state index contributed by atoms with van der Waals surface area (Å²) < 4.78 is 33.0. The van der Waals surface area contributed by atoms with Gasteiger partial charge in [-0.15, -0.1) is 0 Å². The van der Waals surface area contributed by atoms with E-state index in [-0.39, 0.29) is 11.9 Å². The van der Waals surface area contributed by atoms with Crippen LogP contribution in [0.1, 0.15) is 24.0 Å². The average Bonchev–Trinajstić information content (AvgIpc) is 2.61. The molecule has 0 aliphatic carbocycles. The predicted molar refractivity (Wildman–Crippen MR) is 106 cm³/mol. The van der Waals surface area contributed by atoms with Gasteiger partial charge in [0.2, 0.25) is 10.0 Å². The predicted octanol–water partition coefficient (Wildman–Crippen LogP) is 3.55. The minimum Gasteiger partial charge on any atom is -0.380 e. The SMILES string of the molecule is COC1CCCN(c2ccc(NS(=O)(=O)Cc3cccc(C)c3)cc2)C1. The van der Waals surface area contributed by atoms with Crippen LogP contribution in [0.5, 0.6) is 0 Å². The van der Waals surface area contributed by atoms with Crippen LogP contribution in [0.15, 0.2) is 48.5 Å². The molecule has 2 aromatic carbocycles. The number of piperidine rings is 1. The standard InChI is InChI=1S/C20H26N2O3S/c1-16-5-3-6-17(13-16)15-26(23,24)21-18-8-10-19(11-9-18)22-12-4-7-20(14-22)25-2/h3,5-6,8-11,13,20-21H,4,7,12,14-15H2,1-2H3. The van der Waals surface area contributed by atoms with E-state index in [2.05, 4.69) is 9.62 Å². The Morgan fingerprint density at radius 2 is 1.96 bits per heavy atom. The van der Waals surface area contributed by atoms with Crippen LogP contribution in [0.2, 0.25) is 0 Å². The van der Waals surface area contributed by atoms with Gasteiger partial charge in [-0.1, -0.05) is 29.8 Å². The molecule has 0 aromatic heterocycles. The highest BCUT2D eigenvalue weighted by atomic mass is 32.2. The summed E-state index contributed by atoms with van der Waals surface area (Å²) in [5.41, 5.74) is 3.51. The van der Waals surface area contributed by atoms with E-state index < -0.39 is 10.0 Å². The fraction of sp³-hybridized carbons (Fsp3) is 0.400. The van der Waals surface area contributed by atoms with Crippen molar-refractivity contribution in [1.82, 2.24) is 0 Å². The number of aryl methyl sites for hydroxylation is 1. The van der Waals surface area contributed by atoms with Gasteiger partial charge in [-0.05, 0) is 49.6 Å². The summed E-state index contributed by atoms with van der Waals surface area (Å²) in [4.78, 5) is 2.28. The van der Waals surface area contributed by atoms with Gasteiger partial charge in [0.15, 0.2) is 0 Å². The number of benzene rings is 2. The smallest absolute Gasteiger partial charge is 0.236 e. The number of ether oxygens (including phenoxy) is 1. The van der Waals surface area contributed by atoms with E-state index in [1.165, 1.54) is 0 Å². The lowest BCUT2D eigenvalue weighted by Crippen LogP contribution is -2.39. The molecule has 3 rings (SSSR count). The minimum absolute atomic E-state index is 0.0297. The van der Waals surface area contributed by atoms with Gasteiger partial charge in [0, 0.05) is 31.6 Å². The number of nitrogens with zero attached hydrogens (tertiary/aromatic N) is 1. The first-order valence-corrected chi connectivity index (χ1v) is 10.5. The second-order valence-electron chi connectivity index (χ2n) is 6.84. The Morgan fingerprint density at radius 3 is 2.65 bits per heavy atom. The summed E-state index contributed by atoms with van der Waals surface area (Å²) >= 11 is 0. The van der Waals surface area contributed by atoms with Gasteiger partial charge in [0.05, 0.1) is 11.9 Å². The second kappa shape index (κ2) is 8.10. The maximum absolute atomic E-state index is 12.4. The quantitative estimate of drug-likeness (QED) is 0.840. The zero-order valence-electron chi connectivity index (χ0n) is 15.3. The first-order chi connectivity index (χ1) is 12.4. The maximum Gasteiger partial charge on any atom is 0.236 e. The van der Waals surface area contributed by atoms with Crippen molar-refractivity contribution in [3.63, 3.8) is 0 Å². The Kier molecular flexibility index (Phi) is 5.84. The fourth-order valence-corrected chi connectivity index (χ4v) is 4.53. The number of rotatable bonds is 6. The molecular formula is C20H26N2O3S. The van der Waals surface area contributed by atoms with Gasteiger partial charge >= 0.3 is 0 Å². The van der Waals surface area contributed by atoms with Gasteiger partial charge in [-0.25, -0.2) is 8.42 Å². The molecule has 140 valence electrons. The van der Waals surface area contributed by atoms with Crippen LogP contribution >= 0.6 is 0 Å². The van der Waals surface area contributed by atoms with Gasteiger partial charge < -0.3 is 9.64 Å². The molecule has 1 saturated heterocycles. The molecule has 1 aliphatic heterocycles. The minimum atomic E-state index is -3.44. The molecule has 0 bridgehead atoms. The largest absolute Gasteiger partial charge is 0.380 e. The van der Waals surface area contributed by atoms with Crippen LogP contribution in [-0.2, 0) is 20.5 Å². The monoisotopic (exact) mass is 374 g/mol. The maximum atomic E-state index is 12.4. The summed E-state index contributed by atoms with van der Waals surface area (Å²) in [6, 6.07) is 15.1. The van der Waals surface area contributed by atoms with Crippen molar-refractivity contribution < 1.29 is 13.2 Å². The number of nitrogens with one attached hydrogen (secondary N) is 1. The van der Waals surface area contributed by atoms with Crippen LogP contribution < -0.4 is 9.62 Å². The van der Waals surface area contributed by atoms with Gasteiger partial charge in [-0.2, -0.15) is 0 Å². The molecule has 1 heterocycles. The van der Waals surface area contributed by atoms with Crippen LogP contribution in [0.4, 0.5) is 11.4 Å². The van der Waals surface area contributed by atoms with Crippen molar-refractivity contribution in [2.45, 2.75) is 31.6 Å². The molecule has 1 N–H and O–H groups in total. The Bertz CT molecular complexity index is 834. The summed E-state index contributed by atoms with van der Waals surface area (Å²) in [6.45, 7) is 3.82. The molecule has 0 radical (unpaired) electrons. The molecule has 1 atom stereocenters. The topological polar surface area (TPSA) is 58.6 Å². The van der Waals surface area contributed by atoms with E-state index >= 15 is 0 Å². The molecule has 2 aromatic rings. The zero-order chi connectivity index (χ0) is 18.6. The third-order valence-electron chi connectivity index (χ3n) is 4.66. The molecule has 26 heavy (non-hydrogen) atoms. The van der Waals surface area contributed by atoms with Crippen molar-refractivity contribution in [3.8, 4) is 0 Å². The molecule has 1 unspecified atom stereocenters. The summed E-state index contributed by atoms with van der Waals surface area (Å²) in [5.74, 6) is -0.0297. The summed E-state index contributed by atoms with van der Waals surface area (Å²) in [5, 5.41) is 0. The van der Waals surface area contributed by atoms with Crippen molar-refractivity contribution in [3.05, 3.63) is 59.7 Å². The van der Waals surface area contributed by atoms with E-state index in [1.54, 1.807) is 7.11 Å². The van der Waals surface area contributed by atoms with Crippen molar-refractivity contribution >= 4 is 21.4 Å². The lowest BCUT2D eigenvalue weighted by Gasteiger charge is -2.33. The first-order valence-electron chi connectivity index (χ1n) is 8.89. The number of sulfonamides is 1. The van der Waals surface area contributed by atoms with E-state index in [1.807, 2.05) is 55.5 Å². The van der Waals surface area contributed by atoms with Gasteiger partial charge in [-0.3, -0.25) is 4.72 Å². The lowest BCUT2D eigenvalue weighted by atomic mass is 10.1. The summed E-state index contributed by atoms with van der Waals surface area (Å²) in [6.07, 6.45) is 2.45. The number of anilines is 2. The van der Waals surface area contributed by atoms with E-state index in [4.69, 9.17) is 4.74 Å². The second-order valence-corrected chi connectivity index (χ2v) is 8.57. The molecule has 0 spiro atoms. The molecule has 0 saturated carbocycles. The highest BCUT2D eigenvalue weighted by Gasteiger charge is 2.19. The number of methoxy groups -OCH3 is 1. The molecular weight excluding hydrogens is 348 g/mol. The third-order valence-corrected chi connectivity index (χ3v) is 5.92. The van der Waals surface area contributed by atoms with Crippen LogP contribution in [0, 0.1) is 6.92 Å². The van der Waals surface area contributed by atoms with E-state index in [0.29, 0.717) is 5.69 Å². The highest BCUT2D eigenvalue weighted by Crippen LogP contribution is 2.23. The zero-order valence-corrected chi connectivity index (χ0v) is 16.1. The molecule has 5 nitrogen and oxygen atoms in total. The van der Waals surface area contributed by atoms with Crippen LogP contribution in [0.3, 0.4) is 0 Å². The molecule has 0 amide bonds. The number of hydrogen-bond donors (Lipinski definition) is 1.